The summed E-state index contributed by atoms with van der Waals surface area (Å²) in [6.45, 7) is 1.45. The molecule has 0 amide bonds. The summed E-state index contributed by atoms with van der Waals surface area (Å²) < 4.78 is 184. The van der Waals surface area contributed by atoms with Crippen molar-refractivity contribution in [1.82, 2.24) is 0 Å². The molecule has 6 saturated heterocycles. The summed E-state index contributed by atoms with van der Waals surface area (Å²) >= 11 is 0. The molecule has 6 rings (SSSR count). The molecule has 30 atom stereocenters. The van der Waals surface area contributed by atoms with Gasteiger partial charge in [-0.3, -0.25) is 0 Å². The summed E-state index contributed by atoms with van der Waals surface area (Å²) in [4.78, 5) is 0. The third kappa shape index (κ3) is 16.4. The first-order chi connectivity index (χ1) is 41.3. The summed E-state index contributed by atoms with van der Waals surface area (Å²) in [7, 11) is 29.3. The smallest absolute Gasteiger partial charge is 0.187 e. The molecule has 0 spiro atoms. The van der Waals surface area contributed by atoms with E-state index in [0.29, 0.717) is 0 Å². The lowest BCUT2D eigenvalue weighted by Crippen LogP contribution is -2.65. The van der Waals surface area contributed by atoms with Gasteiger partial charge in [-0.05, 0) is 6.92 Å². The van der Waals surface area contributed by atoms with Crippen molar-refractivity contribution in [3.8, 4) is 0 Å². The highest BCUT2D eigenvalue weighted by Crippen LogP contribution is 2.37. The van der Waals surface area contributed by atoms with Gasteiger partial charge in [-0.1, -0.05) is 0 Å². The highest BCUT2D eigenvalue weighted by Gasteiger charge is 2.56. The van der Waals surface area contributed by atoms with Gasteiger partial charge in [0.15, 0.2) is 37.7 Å². The maximum atomic E-state index is 6.71. The van der Waals surface area contributed by atoms with Crippen LogP contribution in [0.4, 0.5) is 0 Å². The molecule has 0 aromatic carbocycles. The summed E-state index contributed by atoms with van der Waals surface area (Å²) in [5, 5.41) is 0. The Labute approximate surface area is 500 Å². The Morgan fingerprint density at radius 2 is 0.341 bits per heavy atom. The first-order valence-electron chi connectivity index (χ1n) is 28.3. The molecule has 0 bridgehead atoms. The Kier molecular flexibility index (Phi) is 31.0. The van der Waals surface area contributed by atoms with Crippen LogP contribution in [0.2, 0.25) is 0 Å². The molecule has 0 saturated carbocycles. The maximum Gasteiger partial charge on any atom is 0.187 e. The van der Waals surface area contributed by atoms with Crippen LogP contribution in [0.25, 0.3) is 0 Å². The second kappa shape index (κ2) is 36.1. The fourth-order valence-electron chi connectivity index (χ4n) is 12.7. The molecular formula is C55H100O30. The van der Waals surface area contributed by atoms with Crippen LogP contribution in [0.15, 0.2) is 0 Å². The van der Waals surface area contributed by atoms with Crippen LogP contribution in [0.5, 0.6) is 0 Å². The van der Waals surface area contributed by atoms with Gasteiger partial charge in [0.1, 0.15) is 140 Å². The second-order valence-electron chi connectivity index (χ2n) is 20.9. The van der Waals surface area contributed by atoms with Gasteiger partial charge in [-0.15, -0.1) is 0 Å². The minimum absolute atomic E-state index is 0.0270. The molecule has 6 aliphatic rings. The second-order valence-corrected chi connectivity index (χ2v) is 20.9. The lowest BCUT2D eigenvalue weighted by Gasteiger charge is -2.48. The summed E-state index contributed by atoms with van der Waals surface area (Å²) in [5.74, 6) is 0. The van der Waals surface area contributed by atoms with Gasteiger partial charge in [-0.2, -0.15) is 0 Å². The first-order valence-corrected chi connectivity index (χ1v) is 28.3. The summed E-state index contributed by atoms with van der Waals surface area (Å²) in [5.41, 5.74) is 0. The predicted molar refractivity (Wildman–Crippen MR) is 289 cm³/mol. The standard InChI is InChI=1S/C55H100O30/c1-26-32(56-2)38(62-8)45(69-15)51(80-26)75-22-28-34(58-4)40(64-10)47(71-17)53(82-28)77-24-30-36(60-6)42(66-12)49(73-19)55(84-30)79-25-31-37(61-7)43(67-13)48(72-18)54(85-31)78-23-29-35(59-5)41(65-11)46(70-16)52(83-29)76-21-27-33(57-3)39(63-9)44(68-14)50(74-20)81-27/h26-55H,21-25H2,1-20H3/t26-,27-,28-,29-,30-,31-,32-,33-,34-,35-,36-,37-,38-,39-,40-,41-,42-,43-,44?,45?,46?,47?,48?,49?,50-,51-,52-,53-,54-,55-/m1/s1. The zero-order valence-electron chi connectivity index (χ0n) is 53.1. The molecule has 0 aromatic rings. The Balaban J connectivity index is 1.16. The van der Waals surface area contributed by atoms with E-state index in [4.69, 9.17) is 142 Å². The zero-order chi connectivity index (χ0) is 62.1. The average Bonchev–Trinajstić information content (AvgIpc) is 3.59. The van der Waals surface area contributed by atoms with Gasteiger partial charge in [0.2, 0.25) is 0 Å². The Morgan fingerprint density at radius 3 is 0.529 bits per heavy atom. The Hall–Kier alpha value is -1.20. The lowest BCUT2D eigenvalue weighted by atomic mass is 9.96. The van der Waals surface area contributed by atoms with Crippen LogP contribution in [0.1, 0.15) is 6.92 Å². The van der Waals surface area contributed by atoms with E-state index in [2.05, 4.69) is 0 Å². The maximum absolute atomic E-state index is 6.71. The van der Waals surface area contributed by atoms with E-state index >= 15 is 0 Å². The van der Waals surface area contributed by atoms with Crippen LogP contribution in [-0.2, 0) is 142 Å². The van der Waals surface area contributed by atoms with Gasteiger partial charge < -0.3 is 142 Å². The van der Waals surface area contributed by atoms with E-state index in [1.54, 1.807) is 71.1 Å². The van der Waals surface area contributed by atoms with Crippen molar-refractivity contribution in [3.63, 3.8) is 0 Å². The van der Waals surface area contributed by atoms with Crippen molar-refractivity contribution in [1.29, 1.82) is 0 Å². The number of rotatable bonds is 34. The molecule has 6 aliphatic heterocycles. The summed E-state index contributed by atoms with van der Waals surface area (Å²) in [6, 6.07) is 0. The van der Waals surface area contributed by atoms with Crippen molar-refractivity contribution in [2.45, 2.75) is 191 Å². The quantitative estimate of drug-likeness (QED) is 0.0775. The monoisotopic (exact) mass is 1240 g/mol. The topological polar surface area (TPSA) is 277 Å². The van der Waals surface area contributed by atoms with Crippen molar-refractivity contribution >= 4 is 0 Å². The van der Waals surface area contributed by atoms with Crippen LogP contribution in [0, 0.1) is 0 Å². The fraction of sp³-hybridized carbons (Fsp3) is 1.00. The molecule has 30 nitrogen and oxygen atoms in total. The third-order valence-electron chi connectivity index (χ3n) is 16.9. The van der Waals surface area contributed by atoms with Crippen LogP contribution >= 0.6 is 0 Å². The molecule has 85 heavy (non-hydrogen) atoms. The minimum Gasteiger partial charge on any atom is -0.376 e. The Bertz CT molecular complexity index is 1820. The van der Waals surface area contributed by atoms with Gasteiger partial charge >= 0.3 is 0 Å². The molecule has 6 heterocycles. The van der Waals surface area contributed by atoms with Crippen molar-refractivity contribution in [2.24, 2.45) is 0 Å². The van der Waals surface area contributed by atoms with Crippen molar-refractivity contribution in [2.75, 3.05) is 168 Å². The van der Waals surface area contributed by atoms with Crippen molar-refractivity contribution in [3.05, 3.63) is 0 Å². The number of methoxy groups -OCH3 is 19. The van der Waals surface area contributed by atoms with Crippen molar-refractivity contribution < 1.29 is 142 Å². The lowest BCUT2D eigenvalue weighted by molar-refractivity contribution is -0.360. The molecule has 500 valence electrons. The number of hydrogen-bond donors (Lipinski definition) is 0. The average molecular weight is 1240 g/mol. The normalized spacial score (nSPS) is 44.6. The minimum atomic E-state index is -1.09. The highest BCUT2D eigenvalue weighted by molar-refractivity contribution is 4.99. The van der Waals surface area contributed by atoms with E-state index in [0.717, 1.165) is 0 Å². The van der Waals surface area contributed by atoms with Gasteiger partial charge in [-0.25, -0.2) is 0 Å². The molecule has 0 aromatic heterocycles. The Morgan fingerprint density at radius 1 is 0.176 bits per heavy atom. The molecule has 6 fully saturated rings. The molecule has 0 radical (unpaired) electrons. The van der Waals surface area contributed by atoms with E-state index in [1.807, 2.05) is 6.92 Å². The zero-order valence-corrected chi connectivity index (χ0v) is 53.1. The number of hydrogen-bond acceptors (Lipinski definition) is 30. The third-order valence-corrected chi connectivity index (χ3v) is 16.9. The SMILES string of the molecule is COC1[C@H](OC[C@H]2O[C@@H](OC[C@H]3O[C@@H](OC[C@H]4O[C@@H](OC[C@H]5O[C@@H](OC[C@H]6O[C@@H](OC)C(OC)[C@H](OC)[C@@H]6OC)C(OC)[C@H](OC)[C@@H]5OC)C(OC)[C@H](OC)[C@@H]4OC)C(OC)[C@H](OC)[C@@H]3OC)C(OC)[C@H](OC)[C@@H]2OC)O[C@H](C)[C@@H](OC)[C@H]1OC. The number of ether oxygens (including phenoxy) is 30. The molecule has 30 heteroatoms. The fourth-order valence-corrected chi connectivity index (χ4v) is 12.7. The summed E-state index contributed by atoms with van der Waals surface area (Å²) in [6.07, 6.45) is -22.4. The van der Waals surface area contributed by atoms with Crippen LogP contribution < -0.4 is 0 Å². The van der Waals surface area contributed by atoms with E-state index < -0.39 is 178 Å². The largest absolute Gasteiger partial charge is 0.376 e. The first kappa shape index (κ1) is 72.9. The van der Waals surface area contributed by atoms with Gasteiger partial charge in [0.05, 0.1) is 39.1 Å². The molecule has 0 N–H and O–H groups in total. The van der Waals surface area contributed by atoms with Crippen LogP contribution in [-0.4, -0.2) is 352 Å². The molecule has 0 aliphatic carbocycles. The highest BCUT2D eigenvalue weighted by atomic mass is 16.8. The molecular weight excluding hydrogens is 1140 g/mol. The van der Waals surface area contributed by atoms with E-state index in [9.17, 15) is 0 Å². The van der Waals surface area contributed by atoms with E-state index in [1.165, 1.54) is 64.0 Å². The predicted octanol–water partition coefficient (Wildman–Crippen LogP) is -0.645. The van der Waals surface area contributed by atoms with Crippen LogP contribution in [0.3, 0.4) is 0 Å². The van der Waals surface area contributed by atoms with Gasteiger partial charge in [0.25, 0.3) is 0 Å². The van der Waals surface area contributed by atoms with E-state index in [-0.39, 0.29) is 39.1 Å². The van der Waals surface area contributed by atoms with Gasteiger partial charge in [0, 0.05) is 135 Å². The molecule has 6 unspecified atom stereocenters.